The van der Waals surface area contributed by atoms with Gasteiger partial charge in [0.15, 0.2) is 0 Å². The van der Waals surface area contributed by atoms with Crippen molar-refractivity contribution in [3.8, 4) is 0 Å². The molecule has 0 bridgehead atoms. The zero-order chi connectivity index (χ0) is 12.9. The third kappa shape index (κ3) is 5.40. The van der Waals surface area contributed by atoms with Crippen LogP contribution >= 0.6 is 0 Å². The fourth-order valence-electron chi connectivity index (χ4n) is 1.31. The maximum atomic E-state index is 11.5. The molecule has 0 radical (unpaired) electrons. The summed E-state index contributed by atoms with van der Waals surface area (Å²) in [7, 11) is 0. The van der Waals surface area contributed by atoms with Crippen LogP contribution < -0.4 is 5.32 Å². The van der Waals surface area contributed by atoms with Gasteiger partial charge in [-0.15, -0.1) is 0 Å². The van der Waals surface area contributed by atoms with E-state index < -0.39 is 17.7 Å². The zero-order valence-electron chi connectivity index (χ0n) is 10.4. The molecule has 5 heteroatoms. The standard InChI is InChI=1S/C12H19NO4/c1-12(2,3)17-11(15)13-9(8-14)7-10-5-4-6-16-10/h4-6,9,14H,7-8H2,1-3H3,(H,13,15). The minimum absolute atomic E-state index is 0.167. The highest BCUT2D eigenvalue weighted by atomic mass is 16.6. The van der Waals surface area contributed by atoms with Gasteiger partial charge < -0.3 is 19.6 Å². The van der Waals surface area contributed by atoms with Crippen LogP contribution in [-0.4, -0.2) is 29.4 Å². The first kappa shape index (κ1) is 13.6. The highest BCUT2D eigenvalue weighted by Gasteiger charge is 2.19. The number of furan rings is 1. The molecule has 1 unspecified atom stereocenters. The van der Waals surface area contributed by atoms with E-state index in [2.05, 4.69) is 5.32 Å². The van der Waals surface area contributed by atoms with E-state index in [4.69, 9.17) is 14.3 Å². The molecule has 1 aromatic heterocycles. The van der Waals surface area contributed by atoms with Crippen molar-refractivity contribution in [1.82, 2.24) is 5.32 Å². The molecule has 5 nitrogen and oxygen atoms in total. The van der Waals surface area contributed by atoms with E-state index in [1.807, 2.05) is 0 Å². The van der Waals surface area contributed by atoms with Gasteiger partial charge in [-0.05, 0) is 32.9 Å². The Morgan fingerprint density at radius 3 is 2.76 bits per heavy atom. The smallest absolute Gasteiger partial charge is 0.407 e. The topological polar surface area (TPSA) is 71.7 Å². The Bertz CT molecular complexity index is 340. The highest BCUT2D eigenvalue weighted by Crippen LogP contribution is 2.08. The largest absolute Gasteiger partial charge is 0.469 e. The molecule has 0 saturated heterocycles. The normalized spacial score (nSPS) is 13.2. The molecule has 1 aromatic rings. The second kappa shape index (κ2) is 5.72. The van der Waals surface area contributed by atoms with Gasteiger partial charge in [0.25, 0.3) is 0 Å². The van der Waals surface area contributed by atoms with Crippen molar-refractivity contribution in [3.05, 3.63) is 24.2 Å². The third-order valence-corrected chi connectivity index (χ3v) is 1.97. The maximum absolute atomic E-state index is 11.5. The van der Waals surface area contributed by atoms with Crippen LogP contribution in [0.4, 0.5) is 4.79 Å². The molecule has 0 saturated carbocycles. The molecule has 1 atom stereocenters. The van der Waals surface area contributed by atoms with Crippen molar-refractivity contribution < 1.29 is 19.1 Å². The number of nitrogens with one attached hydrogen (secondary N) is 1. The Kier molecular flexibility index (Phi) is 4.57. The van der Waals surface area contributed by atoms with Gasteiger partial charge in [0.2, 0.25) is 0 Å². The second-order valence-corrected chi connectivity index (χ2v) is 4.81. The second-order valence-electron chi connectivity index (χ2n) is 4.81. The third-order valence-electron chi connectivity index (χ3n) is 1.97. The van der Waals surface area contributed by atoms with Gasteiger partial charge in [-0.25, -0.2) is 4.79 Å². The lowest BCUT2D eigenvalue weighted by Crippen LogP contribution is -2.42. The van der Waals surface area contributed by atoms with Gasteiger partial charge in [-0.2, -0.15) is 0 Å². The van der Waals surface area contributed by atoms with Crippen molar-refractivity contribution in [1.29, 1.82) is 0 Å². The molecule has 2 N–H and O–H groups in total. The Hall–Kier alpha value is -1.49. The number of carbonyl (C=O) groups is 1. The van der Waals surface area contributed by atoms with Crippen LogP contribution in [0.2, 0.25) is 0 Å². The lowest BCUT2D eigenvalue weighted by Gasteiger charge is -2.22. The van der Waals surface area contributed by atoms with Crippen molar-refractivity contribution in [2.75, 3.05) is 6.61 Å². The quantitative estimate of drug-likeness (QED) is 0.841. The van der Waals surface area contributed by atoms with Gasteiger partial charge in [0.1, 0.15) is 11.4 Å². The summed E-state index contributed by atoms with van der Waals surface area (Å²) in [6.07, 6.45) is 1.45. The summed E-state index contributed by atoms with van der Waals surface area (Å²) in [5.74, 6) is 0.708. The molecule has 0 aliphatic heterocycles. The van der Waals surface area contributed by atoms with Crippen molar-refractivity contribution in [2.45, 2.75) is 38.8 Å². The van der Waals surface area contributed by atoms with Gasteiger partial charge in [-0.3, -0.25) is 0 Å². The zero-order valence-corrected chi connectivity index (χ0v) is 10.4. The SMILES string of the molecule is CC(C)(C)OC(=O)NC(CO)Cc1ccco1. The first-order valence-corrected chi connectivity index (χ1v) is 5.53. The van der Waals surface area contributed by atoms with Crippen molar-refractivity contribution >= 4 is 6.09 Å². The molecule has 0 fully saturated rings. The Balaban J connectivity index is 2.44. The first-order chi connectivity index (χ1) is 7.90. The Labute approximate surface area is 101 Å². The van der Waals surface area contributed by atoms with E-state index in [1.54, 1.807) is 39.2 Å². The van der Waals surface area contributed by atoms with Crippen LogP contribution in [-0.2, 0) is 11.2 Å². The van der Waals surface area contributed by atoms with Crippen LogP contribution in [0.15, 0.2) is 22.8 Å². The fraction of sp³-hybridized carbons (Fsp3) is 0.583. The van der Waals surface area contributed by atoms with E-state index in [0.29, 0.717) is 12.2 Å². The summed E-state index contributed by atoms with van der Waals surface area (Å²) < 4.78 is 10.2. The Morgan fingerprint density at radius 2 is 2.29 bits per heavy atom. The molecule has 0 aliphatic carbocycles. The van der Waals surface area contributed by atoms with Crippen molar-refractivity contribution in [2.24, 2.45) is 0 Å². The summed E-state index contributed by atoms with van der Waals surface area (Å²) >= 11 is 0. The number of hydrogen-bond donors (Lipinski definition) is 2. The number of aliphatic hydroxyl groups is 1. The minimum Gasteiger partial charge on any atom is -0.469 e. The number of ether oxygens (including phenoxy) is 1. The van der Waals surface area contributed by atoms with Crippen LogP contribution in [0.3, 0.4) is 0 Å². The van der Waals surface area contributed by atoms with E-state index in [1.165, 1.54) is 0 Å². The summed E-state index contributed by atoms with van der Waals surface area (Å²) in [6, 6.07) is 3.15. The number of carbonyl (C=O) groups excluding carboxylic acids is 1. The van der Waals surface area contributed by atoms with Gasteiger partial charge in [0, 0.05) is 6.42 Å². The number of alkyl carbamates (subject to hydrolysis) is 1. The highest BCUT2D eigenvalue weighted by molar-refractivity contribution is 5.68. The number of hydrogen-bond acceptors (Lipinski definition) is 4. The molecule has 0 aromatic carbocycles. The lowest BCUT2D eigenvalue weighted by atomic mass is 10.2. The predicted molar refractivity (Wildman–Crippen MR) is 62.7 cm³/mol. The van der Waals surface area contributed by atoms with Crippen LogP contribution in [0.1, 0.15) is 26.5 Å². The summed E-state index contributed by atoms with van der Waals surface area (Å²) in [5, 5.41) is 11.8. The van der Waals surface area contributed by atoms with Gasteiger partial charge in [0.05, 0.1) is 18.9 Å². The maximum Gasteiger partial charge on any atom is 0.407 e. The molecular weight excluding hydrogens is 222 g/mol. The van der Waals surface area contributed by atoms with E-state index in [0.717, 1.165) is 0 Å². The van der Waals surface area contributed by atoms with Crippen LogP contribution in [0.25, 0.3) is 0 Å². The number of rotatable bonds is 4. The van der Waals surface area contributed by atoms with Crippen molar-refractivity contribution in [3.63, 3.8) is 0 Å². The molecule has 0 aliphatic rings. The number of amides is 1. The minimum atomic E-state index is -0.547. The Morgan fingerprint density at radius 1 is 1.59 bits per heavy atom. The van der Waals surface area contributed by atoms with E-state index in [9.17, 15) is 4.79 Å². The molecular formula is C12H19NO4. The van der Waals surface area contributed by atoms with E-state index in [-0.39, 0.29) is 6.61 Å². The average Bonchev–Trinajstić information content (AvgIpc) is 2.66. The molecule has 1 rings (SSSR count). The monoisotopic (exact) mass is 241 g/mol. The number of aliphatic hydroxyl groups excluding tert-OH is 1. The van der Waals surface area contributed by atoms with Gasteiger partial charge in [-0.1, -0.05) is 0 Å². The summed E-state index contributed by atoms with van der Waals surface area (Å²) in [5.41, 5.74) is -0.547. The summed E-state index contributed by atoms with van der Waals surface area (Å²) in [6.45, 7) is 5.19. The van der Waals surface area contributed by atoms with Crippen LogP contribution in [0, 0.1) is 0 Å². The fourth-order valence-corrected chi connectivity index (χ4v) is 1.31. The predicted octanol–water partition coefficient (Wildman–Crippen LogP) is 1.71. The van der Waals surface area contributed by atoms with Crippen LogP contribution in [0.5, 0.6) is 0 Å². The first-order valence-electron chi connectivity index (χ1n) is 5.53. The molecule has 1 heterocycles. The molecule has 1 amide bonds. The average molecular weight is 241 g/mol. The summed E-state index contributed by atoms with van der Waals surface area (Å²) in [4.78, 5) is 11.5. The van der Waals surface area contributed by atoms with Gasteiger partial charge >= 0.3 is 6.09 Å². The lowest BCUT2D eigenvalue weighted by molar-refractivity contribution is 0.0481. The molecule has 96 valence electrons. The molecule has 17 heavy (non-hydrogen) atoms. The molecule has 0 spiro atoms. The van der Waals surface area contributed by atoms with E-state index >= 15 is 0 Å².